The van der Waals surface area contributed by atoms with Gasteiger partial charge >= 0.3 is 5.97 Å². The number of carbonyl (C=O) groups is 1. The van der Waals surface area contributed by atoms with Crippen LogP contribution in [-0.2, 0) is 22.7 Å². The van der Waals surface area contributed by atoms with Crippen LogP contribution in [0.25, 0.3) is 0 Å². The van der Waals surface area contributed by atoms with Crippen LogP contribution in [0.15, 0.2) is 78.9 Å². The minimum absolute atomic E-state index is 0.0263. The van der Waals surface area contributed by atoms with Crippen molar-refractivity contribution in [3.05, 3.63) is 90.0 Å². The highest BCUT2D eigenvalue weighted by molar-refractivity contribution is 5.71. The number of rotatable bonds is 13. The lowest BCUT2D eigenvalue weighted by atomic mass is 10.2. The van der Waals surface area contributed by atoms with Crippen molar-refractivity contribution in [2.75, 3.05) is 26.8 Å². The Morgan fingerprint density at radius 1 is 0.848 bits per heavy atom. The molecule has 0 amide bonds. The van der Waals surface area contributed by atoms with Gasteiger partial charge in [-0.1, -0.05) is 60.7 Å². The van der Waals surface area contributed by atoms with Gasteiger partial charge in [0.1, 0.15) is 31.7 Å². The quantitative estimate of drug-likeness (QED) is 0.386. The minimum atomic E-state index is -0.794. The van der Waals surface area contributed by atoms with Gasteiger partial charge in [-0.05, 0) is 23.3 Å². The fraction of sp³-hybridized carbons (Fsp3) is 0.269. The van der Waals surface area contributed by atoms with E-state index < -0.39 is 12.1 Å². The second-order valence-corrected chi connectivity index (χ2v) is 7.33. The third-order valence-corrected chi connectivity index (χ3v) is 4.71. The van der Waals surface area contributed by atoms with Crippen LogP contribution in [0.2, 0.25) is 0 Å². The van der Waals surface area contributed by atoms with Gasteiger partial charge in [0.15, 0.2) is 11.5 Å². The van der Waals surface area contributed by atoms with Gasteiger partial charge in [0.25, 0.3) is 0 Å². The van der Waals surface area contributed by atoms with Crippen molar-refractivity contribution in [1.29, 1.82) is 0 Å². The van der Waals surface area contributed by atoms with E-state index in [1.165, 1.54) is 7.11 Å². The van der Waals surface area contributed by atoms with Crippen LogP contribution in [0.3, 0.4) is 0 Å². The van der Waals surface area contributed by atoms with E-state index in [0.29, 0.717) is 30.5 Å². The first kappa shape index (κ1) is 24.1. The van der Waals surface area contributed by atoms with E-state index in [1.807, 2.05) is 60.7 Å². The Kier molecular flexibility index (Phi) is 9.57. The highest BCUT2D eigenvalue weighted by Gasteiger charge is 2.11. The zero-order valence-corrected chi connectivity index (χ0v) is 18.6. The van der Waals surface area contributed by atoms with Crippen molar-refractivity contribution < 1.29 is 28.8 Å². The van der Waals surface area contributed by atoms with Crippen molar-refractivity contribution in [1.82, 2.24) is 5.32 Å². The highest BCUT2D eigenvalue weighted by atomic mass is 16.5. The number of nitrogens with one attached hydrogen (secondary N) is 1. The van der Waals surface area contributed by atoms with Crippen LogP contribution in [0.5, 0.6) is 17.2 Å². The second-order valence-electron chi connectivity index (χ2n) is 7.33. The SMILES string of the molecule is COC(=O)CNC[C@@H](O)COc1ccc(OCc2ccccc2)c(OCc2ccccc2)c1. The standard InChI is InChI=1S/C26H29NO6/c1-30-26(29)16-27-15-22(28)19-31-23-12-13-24(32-17-20-8-4-2-5-9-20)25(14-23)33-18-21-10-6-3-7-11-21/h2-14,22,27-28H,15-19H2,1H3/t22-/m1/s1. The molecule has 2 N–H and O–H groups in total. The van der Waals surface area contributed by atoms with E-state index in [0.717, 1.165) is 11.1 Å². The van der Waals surface area contributed by atoms with Crippen LogP contribution < -0.4 is 19.5 Å². The summed E-state index contributed by atoms with van der Waals surface area (Å²) in [6.45, 7) is 1.07. The molecule has 33 heavy (non-hydrogen) atoms. The van der Waals surface area contributed by atoms with Crippen LogP contribution in [-0.4, -0.2) is 44.0 Å². The van der Waals surface area contributed by atoms with Gasteiger partial charge in [-0.2, -0.15) is 0 Å². The summed E-state index contributed by atoms with van der Waals surface area (Å²) in [6, 6.07) is 25.0. The summed E-state index contributed by atoms with van der Waals surface area (Å²) in [7, 11) is 1.31. The Labute approximate surface area is 193 Å². The normalized spacial score (nSPS) is 11.5. The molecule has 1 atom stereocenters. The zero-order chi connectivity index (χ0) is 23.3. The molecule has 0 spiro atoms. The molecule has 7 heteroatoms. The Bertz CT molecular complexity index is 981. The van der Waals surface area contributed by atoms with Crippen LogP contribution in [0, 0.1) is 0 Å². The number of hydrogen-bond donors (Lipinski definition) is 2. The molecule has 3 aromatic carbocycles. The monoisotopic (exact) mass is 451 g/mol. The van der Waals surface area contributed by atoms with Crippen molar-refractivity contribution >= 4 is 5.97 Å². The third kappa shape index (κ3) is 8.48. The molecule has 0 fully saturated rings. The van der Waals surface area contributed by atoms with Crippen LogP contribution in [0.4, 0.5) is 0 Å². The molecule has 3 aromatic rings. The molecule has 0 saturated heterocycles. The van der Waals surface area contributed by atoms with E-state index in [4.69, 9.17) is 14.2 Å². The van der Waals surface area contributed by atoms with Crippen LogP contribution in [0.1, 0.15) is 11.1 Å². The first-order valence-corrected chi connectivity index (χ1v) is 10.7. The van der Waals surface area contributed by atoms with Crippen molar-refractivity contribution in [2.45, 2.75) is 19.3 Å². The number of benzene rings is 3. The molecule has 174 valence electrons. The lowest BCUT2D eigenvalue weighted by molar-refractivity contribution is -0.139. The maximum absolute atomic E-state index is 11.1. The van der Waals surface area contributed by atoms with E-state index >= 15 is 0 Å². The average molecular weight is 452 g/mol. The Morgan fingerprint density at radius 3 is 2.06 bits per heavy atom. The minimum Gasteiger partial charge on any atom is -0.491 e. The van der Waals surface area contributed by atoms with Gasteiger partial charge in [0, 0.05) is 12.6 Å². The molecule has 7 nitrogen and oxygen atoms in total. The molecule has 0 aliphatic heterocycles. The molecule has 0 aromatic heterocycles. The number of carbonyl (C=O) groups excluding carboxylic acids is 1. The summed E-state index contributed by atoms with van der Waals surface area (Å²) in [5, 5.41) is 12.9. The van der Waals surface area contributed by atoms with E-state index in [2.05, 4.69) is 10.1 Å². The predicted octanol–water partition coefficient (Wildman–Crippen LogP) is 3.35. The predicted molar refractivity (Wildman–Crippen MR) is 124 cm³/mol. The summed E-state index contributed by atoms with van der Waals surface area (Å²) < 4.78 is 22.3. The first-order chi connectivity index (χ1) is 16.1. The Balaban J connectivity index is 1.61. The average Bonchev–Trinajstić information content (AvgIpc) is 2.86. The van der Waals surface area contributed by atoms with E-state index in [-0.39, 0.29) is 19.7 Å². The molecule has 3 rings (SSSR count). The fourth-order valence-corrected chi connectivity index (χ4v) is 2.95. The molecule has 0 unspecified atom stereocenters. The number of aliphatic hydroxyl groups is 1. The molecule has 0 bridgehead atoms. The summed E-state index contributed by atoms with van der Waals surface area (Å²) in [6.07, 6.45) is -0.794. The summed E-state index contributed by atoms with van der Waals surface area (Å²) in [5.41, 5.74) is 2.08. The Hall–Kier alpha value is -3.55. The molecule has 0 radical (unpaired) electrons. The van der Waals surface area contributed by atoms with E-state index in [1.54, 1.807) is 18.2 Å². The first-order valence-electron chi connectivity index (χ1n) is 10.7. The highest BCUT2D eigenvalue weighted by Crippen LogP contribution is 2.33. The van der Waals surface area contributed by atoms with Gasteiger partial charge in [-0.3, -0.25) is 4.79 Å². The zero-order valence-electron chi connectivity index (χ0n) is 18.6. The molecular weight excluding hydrogens is 422 g/mol. The third-order valence-electron chi connectivity index (χ3n) is 4.71. The molecule has 0 heterocycles. The number of methoxy groups -OCH3 is 1. The van der Waals surface area contributed by atoms with Crippen molar-refractivity contribution in [3.63, 3.8) is 0 Å². The maximum Gasteiger partial charge on any atom is 0.319 e. The van der Waals surface area contributed by atoms with Crippen LogP contribution >= 0.6 is 0 Å². The van der Waals surface area contributed by atoms with Gasteiger partial charge in [-0.15, -0.1) is 0 Å². The van der Waals surface area contributed by atoms with Crippen molar-refractivity contribution in [3.8, 4) is 17.2 Å². The van der Waals surface area contributed by atoms with Gasteiger partial charge in [0.05, 0.1) is 13.7 Å². The number of hydrogen-bond acceptors (Lipinski definition) is 7. The lowest BCUT2D eigenvalue weighted by Crippen LogP contribution is -2.34. The topological polar surface area (TPSA) is 86.3 Å². The summed E-state index contributed by atoms with van der Waals surface area (Å²) in [5.74, 6) is 1.29. The van der Waals surface area contributed by atoms with Gasteiger partial charge < -0.3 is 29.4 Å². The van der Waals surface area contributed by atoms with E-state index in [9.17, 15) is 9.90 Å². The smallest absolute Gasteiger partial charge is 0.319 e. The molecule has 0 saturated carbocycles. The number of aliphatic hydroxyl groups excluding tert-OH is 1. The van der Waals surface area contributed by atoms with Crippen molar-refractivity contribution in [2.24, 2.45) is 0 Å². The molecule has 0 aliphatic rings. The summed E-state index contributed by atoms with van der Waals surface area (Å²) in [4.78, 5) is 11.1. The number of ether oxygens (including phenoxy) is 4. The molecule has 0 aliphatic carbocycles. The fourth-order valence-electron chi connectivity index (χ4n) is 2.95. The lowest BCUT2D eigenvalue weighted by Gasteiger charge is -2.16. The largest absolute Gasteiger partial charge is 0.491 e. The summed E-state index contributed by atoms with van der Waals surface area (Å²) >= 11 is 0. The Morgan fingerprint density at radius 2 is 1.45 bits per heavy atom. The van der Waals surface area contributed by atoms with Gasteiger partial charge in [0.2, 0.25) is 0 Å². The maximum atomic E-state index is 11.1. The second kappa shape index (κ2) is 13.1. The van der Waals surface area contributed by atoms with Gasteiger partial charge in [-0.25, -0.2) is 0 Å². The molecular formula is C26H29NO6. The number of esters is 1.